The van der Waals surface area contributed by atoms with Crippen LogP contribution in [0.1, 0.15) is 18.9 Å². The predicted molar refractivity (Wildman–Crippen MR) is 146 cm³/mol. The van der Waals surface area contributed by atoms with Crippen molar-refractivity contribution in [3.63, 3.8) is 0 Å². The van der Waals surface area contributed by atoms with Crippen LogP contribution >= 0.6 is 24.8 Å². The van der Waals surface area contributed by atoms with Crippen molar-refractivity contribution in [2.75, 3.05) is 32.5 Å². The summed E-state index contributed by atoms with van der Waals surface area (Å²) >= 11 is 0. The van der Waals surface area contributed by atoms with Crippen LogP contribution in [0.2, 0.25) is 0 Å². The maximum atomic E-state index is 13.0. The van der Waals surface area contributed by atoms with E-state index in [9.17, 15) is 13.2 Å². The molecule has 0 aromatic heterocycles. The molecule has 0 aliphatic carbocycles. The number of sulfonamides is 1. The summed E-state index contributed by atoms with van der Waals surface area (Å²) in [6, 6.07) is 14.1. The van der Waals surface area contributed by atoms with E-state index in [0.717, 1.165) is 36.4 Å². The van der Waals surface area contributed by atoms with E-state index in [0.29, 0.717) is 5.57 Å². The van der Waals surface area contributed by atoms with E-state index in [2.05, 4.69) is 15.2 Å². The second-order valence-corrected chi connectivity index (χ2v) is 10.2. The van der Waals surface area contributed by atoms with Gasteiger partial charge < -0.3 is 21.7 Å². The third-order valence-corrected chi connectivity index (χ3v) is 7.49. The Bertz CT molecular complexity index is 1160. The molecule has 2 aromatic carbocycles. The molecule has 1 unspecified atom stereocenters. The van der Waals surface area contributed by atoms with Crippen molar-refractivity contribution in [2.45, 2.75) is 24.3 Å². The van der Waals surface area contributed by atoms with Gasteiger partial charge in [-0.15, -0.1) is 24.8 Å². The Kier molecular flexibility index (Phi) is 11.2. The molecule has 0 bridgehead atoms. The molecule has 0 spiro atoms. The van der Waals surface area contributed by atoms with E-state index >= 15 is 0 Å². The predicted octanol–water partition coefficient (Wildman–Crippen LogP) is 2.80. The Morgan fingerprint density at radius 1 is 1.09 bits per heavy atom. The number of likely N-dealkylation sites (tertiary alicyclic amines) is 1. The van der Waals surface area contributed by atoms with E-state index in [1.807, 2.05) is 31.3 Å². The van der Waals surface area contributed by atoms with Crippen molar-refractivity contribution in [1.29, 1.82) is 0 Å². The first-order chi connectivity index (χ1) is 15.6. The number of halogens is 2. The molecular weight excluding hydrogens is 511 g/mol. The number of nitrogens with zero attached hydrogens (tertiary/aromatic N) is 3. The third kappa shape index (κ3) is 7.94. The maximum Gasteiger partial charge on any atom is 0.275 e. The van der Waals surface area contributed by atoms with Gasteiger partial charge in [0, 0.05) is 36.6 Å². The molecule has 12 heteroatoms. The molecule has 0 saturated carbocycles. The van der Waals surface area contributed by atoms with Crippen molar-refractivity contribution in [1.82, 2.24) is 9.21 Å². The van der Waals surface area contributed by atoms with Crippen LogP contribution in [0.25, 0.3) is 6.08 Å². The second kappa shape index (κ2) is 12.9. The number of likely N-dealkylation sites (N-methyl/N-ethyl adjacent to an activating group) is 2. The fourth-order valence-electron chi connectivity index (χ4n) is 3.63. The average molecular weight is 544 g/mol. The lowest BCUT2D eigenvalue weighted by Gasteiger charge is -2.24. The van der Waals surface area contributed by atoms with Crippen molar-refractivity contribution in [2.24, 2.45) is 16.5 Å². The zero-order valence-corrected chi connectivity index (χ0v) is 22.3. The van der Waals surface area contributed by atoms with Gasteiger partial charge >= 0.3 is 0 Å². The monoisotopic (exact) mass is 542 g/mol. The normalized spacial score (nSPS) is 16.2. The number of nitrogens with one attached hydrogen (secondary N) is 1. The van der Waals surface area contributed by atoms with Gasteiger partial charge in [-0.2, -0.15) is 9.30 Å². The van der Waals surface area contributed by atoms with Gasteiger partial charge in [-0.3, -0.25) is 4.79 Å². The molecule has 9 nitrogen and oxygen atoms in total. The van der Waals surface area contributed by atoms with Crippen LogP contribution in [0.15, 0.2) is 64.0 Å². The number of benzene rings is 2. The number of nitrogens with two attached hydrogens (primary N) is 2. The first kappa shape index (κ1) is 30.4. The van der Waals surface area contributed by atoms with Crippen LogP contribution in [0.4, 0.5) is 11.4 Å². The summed E-state index contributed by atoms with van der Waals surface area (Å²) in [5.41, 5.74) is 13.3. The maximum absolute atomic E-state index is 13.0. The number of hydrogen-bond acceptors (Lipinski definition) is 5. The molecule has 1 aliphatic rings. The first-order valence-corrected chi connectivity index (χ1v) is 12.0. The van der Waals surface area contributed by atoms with Crippen molar-refractivity contribution >= 4 is 64.2 Å². The van der Waals surface area contributed by atoms with E-state index in [-0.39, 0.29) is 41.7 Å². The molecule has 1 amide bonds. The van der Waals surface area contributed by atoms with Crippen LogP contribution in [-0.2, 0) is 14.8 Å². The van der Waals surface area contributed by atoms with E-state index < -0.39 is 15.9 Å². The summed E-state index contributed by atoms with van der Waals surface area (Å²) in [6.07, 6.45) is 2.52. The zero-order valence-electron chi connectivity index (χ0n) is 19.8. The van der Waals surface area contributed by atoms with Gasteiger partial charge in [0.25, 0.3) is 5.91 Å². The van der Waals surface area contributed by atoms with Crippen LogP contribution in [0.3, 0.4) is 0 Å². The number of amides is 1. The second-order valence-electron chi connectivity index (χ2n) is 8.17. The Morgan fingerprint density at radius 3 is 2.11 bits per heavy atom. The molecule has 1 heterocycles. The van der Waals surface area contributed by atoms with Crippen LogP contribution in [0.5, 0.6) is 0 Å². The fraction of sp³-hybridized carbons (Fsp3) is 0.304. The molecule has 2 aromatic rings. The quantitative estimate of drug-likeness (QED) is 0.278. The number of guanidine groups is 1. The molecule has 0 radical (unpaired) electrons. The number of rotatable bonds is 7. The van der Waals surface area contributed by atoms with E-state index in [4.69, 9.17) is 11.5 Å². The lowest BCUT2D eigenvalue weighted by Crippen LogP contribution is -2.38. The highest BCUT2D eigenvalue weighted by Gasteiger charge is 2.31. The topological polar surface area (TPSA) is 134 Å². The summed E-state index contributed by atoms with van der Waals surface area (Å²) in [5.74, 6) is -0.762. The smallest absolute Gasteiger partial charge is 0.275 e. The number of aliphatic imine (C=N–C) groups is 1. The molecule has 3 rings (SSSR count). The molecule has 192 valence electrons. The molecule has 1 saturated heterocycles. The molecule has 1 atom stereocenters. The minimum atomic E-state index is -3.55. The summed E-state index contributed by atoms with van der Waals surface area (Å²) in [4.78, 5) is 17.7. The molecule has 1 fully saturated rings. The third-order valence-electron chi connectivity index (χ3n) is 5.56. The number of hydrogen-bond donors (Lipinski definition) is 3. The summed E-state index contributed by atoms with van der Waals surface area (Å²) in [5, 5.41) is 3.24. The molecule has 5 N–H and O–H groups in total. The minimum absolute atomic E-state index is 0. The molecular formula is C23H32Cl2N6O3S. The van der Waals surface area contributed by atoms with Gasteiger partial charge in [0.15, 0.2) is 5.96 Å². The van der Waals surface area contributed by atoms with Gasteiger partial charge in [-0.25, -0.2) is 8.42 Å². The number of carbonyl (C=O) groups excluding carboxylic acids is 1. The highest BCUT2D eigenvalue weighted by atomic mass is 35.5. The lowest BCUT2D eigenvalue weighted by molar-refractivity contribution is -0.114. The Morgan fingerprint density at radius 2 is 1.63 bits per heavy atom. The largest absolute Gasteiger partial charge is 0.370 e. The van der Waals surface area contributed by atoms with Crippen LogP contribution in [0, 0.1) is 0 Å². The molecule has 35 heavy (non-hydrogen) atoms. The van der Waals surface area contributed by atoms with Gasteiger partial charge in [-0.1, -0.05) is 12.1 Å². The highest BCUT2D eigenvalue weighted by Crippen LogP contribution is 2.24. The Hall–Kier alpha value is -2.63. The molecule has 1 aliphatic heterocycles. The first-order valence-electron chi connectivity index (χ1n) is 10.5. The standard InChI is InChI=1S/C23H30N6O3S.2ClH/c1-16(22(30)27-23(24)25)14-17-4-6-18(7-5-17)26-19-8-10-21(11-9-19)33(31,32)29(3)20-12-13-28(2)15-20;;/h4-11,14,20,26H,12-13,15H2,1-3H3,(H4,24,25,27,30);2*1H/b16-14+;;. The van der Waals surface area contributed by atoms with E-state index in [1.165, 1.54) is 4.31 Å². The zero-order chi connectivity index (χ0) is 24.2. The number of carbonyl (C=O) groups is 1. The van der Waals surface area contributed by atoms with Crippen molar-refractivity contribution in [3.05, 3.63) is 59.7 Å². The van der Waals surface area contributed by atoms with E-state index in [1.54, 1.807) is 44.3 Å². The summed E-state index contributed by atoms with van der Waals surface area (Å²) in [7, 11) is 0.0966. The highest BCUT2D eigenvalue weighted by molar-refractivity contribution is 7.89. The Balaban J connectivity index is 0.00000306. The van der Waals surface area contributed by atoms with Gasteiger partial charge in [0.05, 0.1) is 4.90 Å². The summed E-state index contributed by atoms with van der Waals surface area (Å²) < 4.78 is 27.4. The number of anilines is 2. The van der Waals surface area contributed by atoms with Crippen LogP contribution in [-0.4, -0.2) is 62.7 Å². The average Bonchev–Trinajstić information content (AvgIpc) is 3.20. The van der Waals surface area contributed by atoms with Crippen LogP contribution < -0.4 is 16.8 Å². The Labute approximate surface area is 219 Å². The van der Waals surface area contributed by atoms with Crippen molar-refractivity contribution < 1.29 is 13.2 Å². The summed E-state index contributed by atoms with van der Waals surface area (Å²) in [6.45, 7) is 3.27. The van der Waals surface area contributed by atoms with Gasteiger partial charge in [0.2, 0.25) is 10.0 Å². The fourth-order valence-corrected chi connectivity index (χ4v) is 5.00. The van der Waals surface area contributed by atoms with Gasteiger partial charge in [-0.05, 0) is 75.0 Å². The SMILES string of the molecule is C/C(=C\c1ccc(Nc2ccc(S(=O)(=O)N(C)C3CCN(C)C3)cc2)cc1)C(=O)N=C(N)N.Cl.Cl. The van der Waals surface area contributed by atoms with Gasteiger partial charge in [0.1, 0.15) is 0 Å². The lowest BCUT2D eigenvalue weighted by atomic mass is 10.1. The minimum Gasteiger partial charge on any atom is -0.370 e. The van der Waals surface area contributed by atoms with Crippen molar-refractivity contribution in [3.8, 4) is 0 Å².